The van der Waals surface area contributed by atoms with E-state index >= 15 is 0 Å². The number of hydrogen-bond donors (Lipinski definition) is 1. The molecule has 0 radical (unpaired) electrons. The summed E-state index contributed by atoms with van der Waals surface area (Å²) >= 11 is 0. The number of likely N-dealkylation sites (N-methyl/N-ethyl adjacent to an activating group) is 1. The van der Waals surface area contributed by atoms with Crippen molar-refractivity contribution < 1.29 is 13.2 Å². The van der Waals surface area contributed by atoms with Gasteiger partial charge in [-0.05, 0) is 26.3 Å². The molecule has 2 atom stereocenters. The van der Waals surface area contributed by atoms with Crippen LogP contribution in [0.25, 0.3) is 0 Å². The van der Waals surface area contributed by atoms with E-state index in [0.717, 1.165) is 12.8 Å². The van der Waals surface area contributed by atoms with Crippen molar-refractivity contribution in [1.82, 2.24) is 5.32 Å². The zero-order valence-corrected chi connectivity index (χ0v) is 11.1. The molecule has 1 rings (SSSR count). The highest BCUT2D eigenvalue weighted by atomic mass is 32.2. The van der Waals surface area contributed by atoms with Crippen LogP contribution in [0.5, 0.6) is 0 Å². The largest absolute Gasteiger partial charge is 0.377 e. The summed E-state index contributed by atoms with van der Waals surface area (Å²) in [5.41, 5.74) is 0. The Morgan fingerprint density at radius 1 is 1.31 bits per heavy atom. The summed E-state index contributed by atoms with van der Waals surface area (Å²) in [4.78, 5) is 0. The predicted octanol–water partition coefficient (Wildman–Crippen LogP) is 0.968. The second-order valence-corrected chi connectivity index (χ2v) is 6.83. The van der Waals surface area contributed by atoms with Gasteiger partial charge in [-0.1, -0.05) is 12.8 Å². The summed E-state index contributed by atoms with van der Waals surface area (Å²) in [6.45, 7) is 0.552. The highest BCUT2D eigenvalue weighted by Gasteiger charge is 2.23. The molecule has 0 aliphatic heterocycles. The van der Waals surface area contributed by atoms with E-state index < -0.39 is 9.84 Å². The monoisotopic (exact) mass is 249 g/mol. The Labute approximate surface area is 98.7 Å². The molecule has 0 aromatic heterocycles. The van der Waals surface area contributed by atoms with E-state index in [1.165, 1.54) is 19.1 Å². The molecule has 1 fully saturated rings. The molecule has 0 aromatic carbocycles. The number of hydrogen-bond acceptors (Lipinski definition) is 4. The first-order valence-corrected chi connectivity index (χ1v) is 8.05. The zero-order chi connectivity index (χ0) is 12.0. The van der Waals surface area contributed by atoms with Crippen LogP contribution in [0.1, 0.15) is 32.1 Å². The van der Waals surface area contributed by atoms with Crippen LogP contribution >= 0.6 is 0 Å². The minimum atomic E-state index is -2.84. The van der Waals surface area contributed by atoms with Crippen molar-refractivity contribution in [1.29, 1.82) is 0 Å². The molecule has 2 unspecified atom stereocenters. The fourth-order valence-corrected chi connectivity index (χ4v) is 2.82. The van der Waals surface area contributed by atoms with Crippen LogP contribution in [-0.2, 0) is 14.6 Å². The average molecular weight is 249 g/mol. The number of nitrogens with one attached hydrogen (secondary N) is 1. The molecule has 1 N–H and O–H groups in total. The van der Waals surface area contributed by atoms with Gasteiger partial charge in [0.25, 0.3) is 0 Å². The normalized spacial score (nSPS) is 26.9. The molecule has 0 amide bonds. The van der Waals surface area contributed by atoms with Gasteiger partial charge in [-0.25, -0.2) is 8.42 Å². The van der Waals surface area contributed by atoms with Gasteiger partial charge in [0.1, 0.15) is 9.84 Å². The number of sulfone groups is 1. The van der Waals surface area contributed by atoms with Gasteiger partial charge in [-0.15, -0.1) is 0 Å². The highest BCUT2D eigenvalue weighted by Crippen LogP contribution is 2.21. The van der Waals surface area contributed by atoms with Crippen LogP contribution in [0.4, 0.5) is 0 Å². The van der Waals surface area contributed by atoms with E-state index in [0.29, 0.717) is 19.1 Å². The maximum atomic E-state index is 10.9. The smallest absolute Gasteiger partial charge is 0.147 e. The highest BCUT2D eigenvalue weighted by molar-refractivity contribution is 7.90. The molecular weight excluding hydrogens is 226 g/mol. The topological polar surface area (TPSA) is 55.4 Å². The first kappa shape index (κ1) is 13.9. The fourth-order valence-electron chi connectivity index (χ4n) is 2.18. The maximum absolute atomic E-state index is 10.9. The van der Waals surface area contributed by atoms with Crippen LogP contribution in [0.15, 0.2) is 0 Å². The van der Waals surface area contributed by atoms with Gasteiger partial charge in [0.05, 0.1) is 11.9 Å². The first-order valence-electron chi connectivity index (χ1n) is 5.99. The SMILES string of the molecule is CNC1CCCCC1OCCCS(C)(=O)=O. The molecule has 5 heteroatoms. The van der Waals surface area contributed by atoms with Crippen molar-refractivity contribution in [2.45, 2.75) is 44.2 Å². The molecule has 16 heavy (non-hydrogen) atoms. The van der Waals surface area contributed by atoms with Gasteiger partial charge in [0.2, 0.25) is 0 Å². The zero-order valence-electron chi connectivity index (χ0n) is 10.2. The fraction of sp³-hybridized carbons (Fsp3) is 1.00. The summed E-state index contributed by atoms with van der Waals surface area (Å²) in [7, 11) is -0.881. The molecule has 0 aromatic rings. The first-order chi connectivity index (χ1) is 7.53. The minimum absolute atomic E-state index is 0.226. The van der Waals surface area contributed by atoms with Crippen molar-refractivity contribution in [2.24, 2.45) is 0 Å². The number of ether oxygens (including phenoxy) is 1. The van der Waals surface area contributed by atoms with E-state index in [1.807, 2.05) is 7.05 Å². The molecule has 4 nitrogen and oxygen atoms in total. The Kier molecular flexibility index (Phi) is 5.72. The third kappa shape index (κ3) is 5.27. The third-order valence-corrected chi connectivity index (χ3v) is 4.09. The molecule has 96 valence electrons. The molecule has 0 spiro atoms. The summed E-state index contributed by atoms with van der Waals surface area (Å²) in [5.74, 6) is 0.226. The summed E-state index contributed by atoms with van der Waals surface area (Å²) in [6.07, 6.45) is 6.86. The lowest BCUT2D eigenvalue weighted by Crippen LogP contribution is -2.41. The Morgan fingerprint density at radius 2 is 2.00 bits per heavy atom. The Hall–Kier alpha value is -0.130. The average Bonchev–Trinajstić information content (AvgIpc) is 2.23. The molecule has 1 aliphatic rings. The van der Waals surface area contributed by atoms with E-state index in [4.69, 9.17) is 4.74 Å². The van der Waals surface area contributed by atoms with Crippen molar-refractivity contribution in [3.8, 4) is 0 Å². The Bertz CT molecular complexity index is 290. The Balaban J connectivity index is 2.20. The lowest BCUT2D eigenvalue weighted by molar-refractivity contribution is 0.00776. The van der Waals surface area contributed by atoms with Gasteiger partial charge < -0.3 is 10.1 Å². The number of rotatable bonds is 6. The van der Waals surface area contributed by atoms with Crippen LogP contribution in [0, 0.1) is 0 Å². The molecular formula is C11H23NO3S. The van der Waals surface area contributed by atoms with Crippen LogP contribution in [0.2, 0.25) is 0 Å². The van der Waals surface area contributed by atoms with Crippen LogP contribution in [-0.4, -0.2) is 46.2 Å². The molecule has 0 heterocycles. The van der Waals surface area contributed by atoms with Crippen LogP contribution in [0.3, 0.4) is 0 Å². The van der Waals surface area contributed by atoms with Crippen molar-refractivity contribution in [3.63, 3.8) is 0 Å². The van der Waals surface area contributed by atoms with Crippen LogP contribution < -0.4 is 5.32 Å². The Morgan fingerprint density at radius 3 is 2.62 bits per heavy atom. The van der Waals surface area contributed by atoms with E-state index in [-0.39, 0.29) is 11.9 Å². The summed E-state index contributed by atoms with van der Waals surface area (Å²) in [5, 5.41) is 3.27. The molecule has 0 bridgehead atoms. The summed E-state index contributed by atoms with van der Waals surface area (Å²) < 4.78 is 27.6. The second kappa shape index (κ2) is 6.57. The van der Waals surface area contributed by atoms with Crippen molar-refractivity contribution in [3.05, 3.63) is 0 Å². The molecule has 1 aliphatic carbocycles. The lowest BCUT2D eigenvalue weighted by Gasteiger charge is -2.31. The molecule has 0 saturated heterocycles. The second-order valence-electron chi connectivity index (χ2n) is 4.57. The predicted molar refractivity (Wildman–Crippen MR) is 65.4 cm³/mol. The van der Waals surface area contributed by atoms with Gasteiger partial charge >= 0.3 is 0 Å². The van der Waals surface area contributed by atoms with Crippen molar-refractivity contribution >= 4 is 9.84 Å². The van der Waals surface area contributed by atoms with Gasteiger partial charge in [0, 0.05) is 18.9 Å². The van der Waals surface area contributed by atoms with E-state index in [9.17, 15) is 8.42 Å². The van der Waals surface area contributed by atoms with Gasteiger partial charge in [-0.2, -0.15) is 0 Å². The minimum Gasteiger partial charge on any atom is -0.377 e. The van der Waals surface area contributed by atoms with E-state index in [2.05, 4.69) is 5.32 Å². The van der Waals surface area contributed by atoms with E-state index in [1.54, 1.807) is 0 Å². The van der Waals surface area contributed by atoms with Gasteiger partial charge in [0.15, 0.2) is 0 Å². The van der Waals surface area contributed by atoms with Crippen molar-refractivity contribution in [2.75, 3.05) is 25.7 Å². The maximum Gasteiger partial charge on any atom is 0.147 e. The summed E-state index contributed by atoms with van der Waals surface area (Å²) in [6, 6.07) is 0.437. The quantitative estimate of drug-likeness (QED) is 0.713. The standard InChI is InChI=1S/C11H23NO3S/c1-12-10-6-3-4-7-11(10)15-8-5-9-16(2,13)14/h10-12H,3-9H2,1-2H3. The third-order valence-electron chi connectivity index (χ3n) is 3.06. The lowest BCUT2D eigenvalue weighted by atomic mass is 9.92. The molecule has 1 saturated carbocycles. The van der Waals surface area contributed by atoms with Gasteiger partial charge in [-0.3, -0.25) is 0 Å².